The Morgan fingerprint density at radius 2 is 1.84 bits per heavy atom. The Labute approximate surface area is 146 Å². The molecule has 25 heavy (non-hydrogen) atoms. The lowest BCUT2D eigenvalue weighted by atomic mass is 10.1. The molecule has 0 saturated heterocycles. The van der Waals surface area contributed by atoms with Crippen LogP contribution in [0.3, 0.4) is 0 Å². The van der Waals surface area contributed by atoms with Crippen LogP contribution >= 0.6 is 0 Å². The number of amides is 1. The quantitative estimate of drug-likeness (QED) is 0.537. The molecule has 0 aliphatic rings. The summed E-state index contributed by atoms with van der Waals surface area (Å²) in [5, 5.41) is 3.53. The molecular formula is C20H20N2O3. The lowest BCUT2D eigenvalue weighted by Gasteiger charge is -2.13. The number of fused-ring (bicyclic) bond motifs is 1. The van der Waals surface area contributed by atoms with Crippen molar-refractivity contribution < 1.29 is 14.3 Å². The van der Waals surface area contributed by atoms with Crippen molar-refractivity contribution in [2.45, 2.75) is 19.4 Å². The van der Waals surface area contributed by atoms with Gasteiger partial charge in [-0.15, -0.1) is 0 Å². The lowest BCUT2D eigenvalue weighted by molar-refractivity contribution is -0.117. The maximum Gasteiger partial charge on any atom is 0.292 e. The van der Waals surface area contributed by atoms with Crippen LogP contribution in [-0.4, -0.2) is 29.8 Å². The minimum atomic E-state index is -0.592. The topological polar surface area (TPSA) is 71.2 Å². The zero-order valence-corrected chi connectivity index (χ0v) is 14.2. The molecule has 0 aliphatic heterocycles. The number of nitrogens with one attached hydrogen (secondary N) is 2. The Kier molecular flexibility index (Phi) is 4.84. The van der Waals surface area contributed by atoms with Crippen molar-refractivity contribution in [1.82, 2.24) is 10.3 Å². The molecule has 0 aliphatic carbocycles. The SMILES string of the molecule is COc1ccc(C[C@H](C)NC(=O)C(=O)c2c[nH]c3ccccc23)cc1. The van der Waals surface area contributed by atoms with Gasteiger partial charge in [-0.05, 0) is 37.1 Å². The van der Waals surface area contributed by atoms with Gasteiger partial charge in [0.1, 0.15) is 5.75 Å². The van der Waals surface area contributed by atoms with E-state index in [4.69, 9.17) is 4.74 Å². The van der Waals surface area contributed by atoms with Crippen molar-refractivity contribution in [2.75, 3.05) is 7.11 Å². The first-order valence-electron chi connectivity index (χ1n) is 8.12. The second kappa shape index (κ2) is 7.21. The molecule has 2 N–H and O–H groups in total. The summed E-state index contributed by atoms with van der Waals surface area (Å²) in [5.74, 6) is -0.334. The molecule has 3 aromatic rings. The van der Waals surface area contributed by atoms with Crippen LogP contribution in [0.2, 0.25) is 0 Å². The molecule has 0 fully saturated rings. The van der Waals surface area contributed by atoms with Crippen molar-refractivity contribution in [3.63, 3.8) is 0 Å². The number of carbonyl (C=O) groups is 2. The van der Waals surface area contributed by atoms with Gasteiger partial charge in [0.05, 0.1) is 12.7 Å². The van der Waals surface area contributed by atoms with Gasteiger partial charge < -0.3 is 15.0 Å². The lowest BCUT2D eigenvalue weighted by Crippen LogP contribution is -2.38. The Balaban J connectivity index is 1.65. The highest BCUT2D eigenvalue weighted by Crippen LogP contribution is 2.18. The van der Waals surface area contributed by atoms with E-state index in [1.165, 1.54) is 0 Å². The van der Waals surface area contributed by atoms with E-state index >= 15 is 0 Å². The summed E-state index contributed by atoms with van der Waals surface area (Å²) in [7, 11) is 1.62. The number of methoxy groups -OCH3 is 1. The monoisotopic (exact) mass is 336 g/mol. The predicted octanol–water partition coefficient (Wildman–Crippen LogP) is 3.11. The Morgan fingerprint density at radius 1 is 1.12 bits per heavy atom. The van der Waals surface area contributed by atoms with Gasteiger partial charge in [0.15, 0.2) is 0 Å². The number of carbonyl (C=O) groups excluding carboxylic acids is 2. The van der Waals surface area contributed by atoms with Crippen molar-refractivity contribution in [3.8, 4) is 5.75 Å². The van der Waals surface area contributed by atoms with Crippen molar-refractivity contribution in [2.24, 2.45) is 0 Å². The molecule has 5 heteroatoms. The van der Waals surface area contributed by atoms with Crippen LogP contribution in [0.25, 0.3) is 10.9 Å². The van der Waals surface area contributed by atoms with E-state index in [2.05, 4.69) is 10.3 Å². The smallest absolute Gasteiger partial charge is 0.292 e. The molecular weight excluding hydrogens is 316 g/mol. The summed E-state index contributed by atoms with van der Waals surface area (Å²) in [6.07, 6.45) is 2.22. The molecule has 1 aromatic heterocycles. The molecule has 0 bridgehead atoms. The number of hydrogen-bond acceptors (Lipinski definition) is 3. The number of hydrogen-bond donors (Lipinski definition) is 2. The third-order valence-corrected chi connectivity index (χ3v) is 4.12. The van der Waals surface area contributed by atoms with Crippen LogP contribution in [0.15, 0.2) is 54.7 Å². The summed E-state index contributed by atoms with van der Waals surface area (Å²) in [6, 6.07) is 14.9. The first-order chi connectivity index (χ1) is 12.1. The standard InChI is InChI=1S/C20H20N2O3/c1-13(11-14-7-9-15(25-2)10-8-14)22-20(24)19(23)17-12-21-18-6-4-3-5-16(17)18/h3-10,12-13,21H,11H2,1-2H3,(H,22,24)/t13-/m0/s1. The van der Waals surface area contributed by atoms with E-state index in [-0.39, 0.29) is 6.04 Å². The van der Waals surface area contributed by atoms with Crippen molar-refractivity contribution in [3.05, 3.63) is 65.9 Å². The fraction of sp³-hybridized carbons (Fsp3) is 0.200. The average molecular weight is 336 g/mol. The number of ketones is 1. The molecule has 128 valence electrons. The summed E-state index contributed by atoms with van der Waals surface area (Å²) in [4.78, 5) is 27.7. The second-order valence-corrected chi connectivity index (χ2v) is 6.00. The van der Waals surface area contributed by atoms with Crippen LogP contribution in [0, 0.1) is 0 Å². The summed E-state index contributed by atoms with van der Waals surface area (Å²) in [6.45, 7) is 1.88. The Morgan fingerprint density at radius 3 is 2.56 bits per heavy atom. The third-order valence-electron chi connectivity index (χ3n) is 4.12. The number of Topliss-reactive ketones (excluding diaryl/α,β-unsaturated/α-hetero) is 1. The minimum Gasteiger partial charge on any atom is -0.497 e. The normalized spacial score (nSPS) is 11.9. The van der Waals surface area contributed by atoms with Gasteiger partial charge in [-0.2, -0.15) is 0 Å². The molecule has 1 heterocycles. The average Bonchev–Trinajstić information content (AvgIpc) is 3.05. The minimum absolute atomic E-state index is 0.157. The van der Waals surface area contributed by atoms with Gasteiger partial charge in [-0.3, -0.25) is 9.59 Å². The van der Waals surface area contributed by atoms with E-state index < -0.39 is 11.7 Å². The zero-order valence-electron chi connectivity index (χ0n) is 14.2. The van der Waals surface area contributed by atoms with Gasteiger partial charge in [0.2, 0.25) is 0 Å². The highest BCUT2D eigenvalue weighted by atomic mass is 16.5. The largest absolute Gasteiger partial charge is 0.497 e. The Bertz CT molecular complexity index is 897. The van der Waals surface area contributed by atoms with Crippen molar-refractivity contribution in [1.29, 1.82) is 0 Å². The fourth-order valence-corrected chi connectivity index (χ4v) is 2.84. The van der Waals surface area contributed by atoms with E-state index in [0.717, 1.165) is 22.2 Å². The van der Waals surface area contributed by atoms with E-state index in [9.17, 15) is 9.59 Å². The number of aromatic nitrogens is 1. The van der Waals surface area contributed by atoms with Crippen LogP contribution in [0.5, 0.6) is 5.75 Å². The number of benzene rings is 2. The highest BCUT2D eigenvalue weighted by molar-refractivity contribution is 6.45. The molecule has 1 amide bonds. The zero-order chi connectivity index (χ0) is 17.8. The number of para-hydroxylation sites is 1. The van der Waals surface area contributed by atoms with E-state index in [0.29, 0.717) is 12.0 Å². The number of H-pyrrole nitrogens is 1. The predicted molar refractivity (Wildman–Crippen MR) is 96.9 cm³/mol. The van der Waals surface area contributed by atoms with Crippen LogP contribution in [0.4, 0.5) is 0 Å². The number of rotatable bonds is 6. The summed E-state index contributed by atoms with van der Waals surface area (Å²) in [5.41, 5.74) is 2.29. The van der Waals surface area contributed by atoms with Crippen molar-refractivity contribution >= 4 is 22.6 Å². The molecule has 0 radical (unpaired) electrons. The van der Waals surface area contributed by atoms with E-state index in [1.807, 2.05) is 55.5 Å². The number of aromatic amines is 1. The maximum atomic E-state index is 12.4. The summed E-state index contributed by atoms with van der Waals surface area (Å²) < 4.78 is 5.13. The molecule has 5 nitrogen and oxygen atoms in total. The number of ether oxygens (including phenoxy) is 1. The van der Waals surface area contributed by atoms with Crippen LogP contribution in [-0.2, 0) is 11.2 Å². The molecule has 0 spiro atoms. The first kappa shape index (κ1) is 16.8. The molecule has 0 saturated carbocycles. The highest BCUT2D eigenvalue weighted by Gasteiger charge is 2.21. The van der Waals surface area contributed by atoms with Gasteiger partial charge in [-0.25, -0.2) is 0 Å². The van der Waals surface area contributed by atoms with Crippen LogP contribution < -0.4 is 10.1 Å². The fourth-order valence-electron chi connectivity index (χ4n) is 2.84. The summed E-state index contributed by atoms with van der Waals surface area (Å²) >= 11 is 0. The molecule has 0 unspecified atom stereocenters. The van der Waals surface area contributed by atoms with Gasteiger partial charge in [0, 0.05) is 23.1 Å². The van der Waals surface area contributed by atoms with Crippen LogP contribution in [0.1, 0.15) is 22.8 Å². The molecule has 1 atom stereocenters. The maximum absolute atomic E-state index is 12.4. The third kappa shape index (κ3) is 3.71. The van der Waals surface area contributed by atoms with E-state index in [1.54, 1.807) is 13.3 Å². The van der Waals surface area contributed by atoms with Gasteiger partial charge >= 0.3 is 0 Å². The first-order valence-corrected chi connectivity index (χ1v) is 8.12. The Hall–Kier alpha value is -3.08. The van der Waals surface area contributed by atoms with Gasteiger partial charge in [-0.1, -0.05) is 30.3 Å². The molecule has 2 aromatic carbocycles. The molecule has 3 rings (SSSR count). The van der Waals surface area contributed by atoms with Gasteiger partial charge in [0.25, 0.3) is 11.7 Å². The second-order valence-electron chi connectivity index (χ2n) is 6.00.